The van der Waals surface area contributed by atoms with E-state index in [1.807, 2.05) is 63.2 Å². The van der Waals surface area contributed by atoms with Gasteiger partial charge in [0.05, 0.1) is 23.6 Å². The van der Waals surface area contributed by atoms with Gasteiger partial charge >= 0.3 is 0 Å². The van der Waals surface area contributed by atoms with Crippen LogP contribution in [0.5, 0.6) is 0 Å². The number of Topliss-reactive ketones (excluding diaryl/α,β-unsaturated/α-hetero) is 1. The molecule has 3 aliphatic rings. The third-order valence-corrected chi connectivity index (χ3v) is 6.31. The predicted octanol–water partition coefficient (Wildman–Crippen LogP) is 3.17. The Morgan fingerprint density at radius 3 is 2.43 bits per heavy atom. The molecule has 2 saturated heterocycles. The van der Waals surface area contributed by atoms with Crippen LogP contribution >= 0.6 is 0 Å². The molecule has 6 nitrogen and oxygen atoms in total. The number of allylic oxidation sites excluding steroid dienone is 1. The van der Waals surface area contributed by atoms with Gasteiger partial charge in [0.2, 0.25) is 11.8 Å². The van der Waals surface area contributed by atoms with Gasteiger partial charge in [-0.2, -0.15) is 5.10 Å². The summed E-state index contributed by atoms with van der Waals surface area (Å²) in [5.74, 6) is -2.02. The number of hydrogen-bond acceptors (Lipinski definition) is 5. The second kappa shape index (κ2) is 6.36. The van der Waals surface area contributed by atoms with Crippen LogP contribution in [0.4, 0.5) is 5.69 Å². The number of anilines is 1. The van der Waals surface area contributed by atoms with Crippen LogP contribution in [0.3, 0.4) is 0 Å². The predicted molar refractivity (Wildman–Crippen MR) is 115 cm³/mol. The number of rotatable bonds is 2. The molecule has 2 aromatic carbocycles. The highest BCUT2D eigenvalue weighted by Gasteiger charge is 2.64. The lowest BCUT2D eigenvalue weighted by molar-refractivity contribution is -0.136. The van der Waals surface area contributed by atoms with E-state index in [-0.39, 0.29) is 17.6 Å². The number of nitrogens with zero attached hydrogens (tertiary/aromatic N) is 3. The fourth-order valence-electron chi connectivity index (χ4n) is 4.92. The minimum atomic E-state index is -0.752. The molecule has 3 heterocycles. The second-order valence-electron chi connectivity index (χ2n) is 9.14. The number of ketones is 1. The summed E-state index contributed by atoms with van der Waals surface area (Å²) in [6.45, 7) is 5.51. The van der Waals surface area contributed by atoms with Crippen molar-refractivity contribution >= 4 is 40.3 Å². The Kier molecular flexibility index (Phi) is 3.97. The van der Waals surface area contributed by atoms with E-state index >= 15 is 0 Å². The van der Waals surface area contributed by atoms with Crippen LogP contribution in [-0.4, -0.2) is 40.9 Å². The zero-order valence-electron chi connectivity index (χ0n) is 17.1. The Morgan fingerprint density at radius 2 is 1.67 bits per heavy atom. The summed E-state index contributed by atoms with van der Waals surface area (Å²) >= 11 is 0. The first-order valence-corrected chi connectivity index (χ1v) is 10.2. The zero-order chi connectivity index (χ0) is 21.2. The van der Waals surface area contributed by atoms with Crippen molar-refractivity contribution in [2.24, 2.45) is 22.4 Å². The van der Waals surface area contributed by atoms with Crippen LogP contribution in [0.2, 0.25) is 0 Å². The number of benzene rings is 2. The van der Waals surface area contributed by atoms with Gasteiger partial charge in [-0.15, -0.1) is 0 Å². The molecule has 4 atom stereocenters. The fraction of sp³-hybridized carbons (Fsp3) is 0.333. The molecule has 0 radical (unpaired) electrons. The second-order valence-corrected chi connectivity index (χ2v) is 9.14. The van der Waals surface area contributed by atoms with Crippen molar-refractivity contribution in [3.8, 4) is 0 Å². The third kappa shape index (κ3) is 2.49. The lowest BCUT2D eigenvalue weighted by Crippen LogP contribution is -2.49. The van der Waals surface area contributed by atoms with Gasteiger partial charge in [-0.25, -0.2) is 4.90 Å². The summed E-state index contributed by atoms with van der Waals surface area (Å²) in [4.78, 5) is 41.9. The molecular formula is C24H23N3O3. The molecule has 0 unspecified atom stereocenters. The van der Waals surface area contributed by atoms with E-state index < -0.39 is 29.3 Å². The van der Waals surface area contributed by atoms with Gasteiger partial charge in [0.15, 0.2) is 5.78 Å². The molecule has 3 aliphatic heterocycles. The van der Waals surface area contributed by atoms with Crippen molar-refractivity contribution in [2.45, 2.75) is 32.9 Å². The number of hydrogen-bond donors (Lipinski definition) is 0. The van der Waals surface area contributed by atoms with Gasteiger partial charge in [-0.3, -0.25) is 19.4 Å². The van der Waals surface area contributed by atoms with Gasteiger partial charge in [0.25, 0.3) is 0 Å². The van der Waals surface area contributed by atoms with Crippen molar-refractivity contribution in [3.63, 3.8) is 0 Å². The van der Waals surface area contributed by atoms with Crippen molar-refractivity contribution < 1.29 is 14.4 Å². The molecule has 30 heavy (non-hydrogen) atoms. The van der Waals surface area contributed by atoms with E-state index in [2.05, 4.69) is 5.10 Å². The quantitative estimate of drug-likeness (QED) is 0.725. The maximum absolute atomic E-state index is 13.7. The monoisotopic (exact) mass is 401 g/mol. The van der Waals surface area contributed by atoms with Crippen LogP contribution in [0.25, 0.3) is 10.8 Å². The summed E-state index contributed by atoms with van der Waals surface area (Å²) in [6, 6.07) is 12.1. The molecule has 5 rings (SSSR count). The van der Waals surface area contributed by atoms with Crippen LogP contribution in [0.1, 0.15) is 20.8 Å². The first-order valence-electron chi connectivity index (χ1n) is 10.2. The van der Waals surface area contributed by atoms with Crippen LogP contribution < -0.4 is 4.90 Å². The number of carbonyl (C=O) groups is 3. The zero-order valence-corrected chi connectivity index (χ0v) is 17.1. The largest absolute Gasteiger partial charge is 0.297 e. The maximum atomic E-state index is 13.7. The smallest absolute Gasteiger partial charge is 0.240 e. The molecular weight excluding hydrogens is 378 g/mol. The highest BCUT2D eigenvalue weighted by molar-refractivity contribution is 6.26. The first-order chi connectivity index (χ1) is 14.3. The average molecular weight is 401 g/mol. The topological polar surface area (TPSA) is 70.0 Å². The molecule has 0 aliphatic carbocycles. The molecule has 2 fully saturated rings. The van der Waals surface area contributed by atoms with Gasteiger partial charge < -0.3 is 0 Å². The molecule has 0 bridgehead atoms. The normalized spacial score (nSPS) is 27.7. The maximum Gasteiger partial charge on any atom is 0.240 e. The van der Waals surface area contributed by atoms with E-state index in [1.54, 1.807) is 23.4 Å². The number of fused-ring (bicyclic) bond motifs is 4. The van der Waals surface area contributed by atoms with Crippen molar-refractivity contribution in [2.75, 3.05) is 4.90 Å². The van der Waals surface area contributed by atoms with E-state index in [9.17, 15) is 14.4 Å². The van der Waals surface area contributed by atoms with Crippen LogP contribution in [0.15, 0.2) is 59.7 Å². The van der Waals surface area contributed by atoms with Crippen LogP contribution in [-0.2, 0) is 14.4 Å². The van der Waals surface area contributed by atoms with Gasteiger partial charge in [-0.05, 0) is 17.5 Å². The summed E-state index contributed by atoms with van der Waals surface area (Å²) in [5.41, 5.74) is -0.0777. The van der Waals surface area contributed by atoms with Crippen molar-refractivity contribution in [1.29, 1.82) is 0 Å². The lowest BCUT2D eigenvalue weighted by Gasteiger charge is -2.33. The van der Waals surface area contributed by atoms with Crippen molar-refractivity contribution in [1.82, 2.24) is 5.01 Å². The standard InChI is InChI=1S/C24H23N3O3/c1-24(2,3)21(28)20-19-18(17-12-7-13-25-27(17)20)22(29)26(23(19)30)16-11-6-9-14-8-4-5-10-15(14)16/h4-13,17-20H,1-3H3/t17-,18-,19-,20+/m0/s1. The van der Waals surface area contributed by atoms with E-state index in [4.69, 9.17) is 0 Å². The lowest BCUT2D eigenvalue weighted by atomic mass is 9.80. The highest BCUT2D eigenvalue weighted by atomic mass is 16.2. The van der Waals surface area contributed by atoms with E-state index in [0.29, 0.717) is 5.69 Å². The molecule has 152 valence electrons. The molecule has 0 spiro atoms. The Morgan fingerprint density at radius 1 is 0.967 bits per heavy atom. The molecule has 0 saturated carbocycles. The van der Waals surface area contributed by atoms with E-state index in [1.165, 1.54) is 4.90 Å². The molecule has 0 aromatic heterocycles. The molecule has 2 aromatic rings. The fourth-order valence-corrected chi connectivity index (χ4v) is 4.92. The number of hydrazone groups is 1. The Labute approximate surface area is 174 Å². The highest BCUT2D eigenvalue weighted by Crippen LogP contribution is 2.47. The average Bonchev–Trinajstić information content (AvgIpc) is 3.19. The molecule has 2 amide bonds. The first kappa shape index (κ1) is 18.7. The van der Waals surface area contributed by atoms with Gasteiger partial charge in [0, 0.05) is 17.0 Å². The number of imide groups is 1. The van der Waals surface area contributed by atoms with Gasteiger partial charge in [0.1, 0.15) is 6.04 Å². The summed E-state index contributed by atoms with van der Waals surface area (Å²) < 4.78 is 0. The Hall–Kier alpha value is -3.28. The van der Waals surface area contributed by atoms with Crippen molar-refractivity contribution in [3.05, 3.63) is 54.6 Å². The minimum Gasteiger partial charge on any atom is -0.297 e. The SMILES string of the molecule is CC(C)(C)C(=O)[C@H]1[C@H]2C(=O)N(c3cccc4ccccc34)C(=O)[C@H]2[C@@H]2C=CC=NN21. The Bertz CT molecular complexity index is 1140. The van der Waals surface area contributed by atoms with Gasteiger partial charge in [-0.1, -0.05) is 63.2 Å². The summed E-state index contributed by atoms with van der Waals surface area (Å²) in [5, 5.41) is 7.85. The molecule has 0 N–H and O–H groups in total. The molecule has 6 heteroatoms. The number of amides is 2. The van der Waals surface area contributed by atoms with E-state index in [0.717, 1.165) is 10.8 Å². The minimum absolute atomic E-state index is 0.0756. The third-order valence-electron chi connectivity index (χ3n) is 6.31. The summed E-state index contributed by atoms with van der Waals surface area (Å²) in [7, 11) is 0. The van der Waals surface area contributed by atoms with Crippen LogP contribution in [0, 0.1) is 17.3 Å². The summed E-state index contributed by atoms with van der Waals surface area (Å²) in [6.07, 6.45) is 5.26. The number of carbonyl (C=O) groups excluding carboxylic acids is 3. The Balaban J connectivity index is 1.64.